The highest BCUT2D eigenvalue weighted by Gasteiger charge is 2.37. The molecule has 2 aromatic heterocycles. The van der Waals surface area contributed by atoms with Crippen molar-refractivity contribution < 1.29 is 19.0 Å². The quantitative estimate of drug-likeness (QED) is 0.325. The predicted molar refractivity (Wildman–Crippen MR) is 139 cm³/mol. The first kappa shape index (κ1) is 26.3. The maximum atomic E-state index is 15.7. The minimum atomic E-state index is -1.32. The number of alkyl halides is 1. The van der Waals surface area contributed by atoms with Crippen LogP contribution in [0.15, 0.2) is 48.9 Å². The first-order valence-electron chi connectivity index (χ1n) is 12.5. The third-order valence-electron chi connectivity index (χ3n) is 7.44. The van der Waals surface area contributed by atoms with Crippen LogP contribution in [0.2, 0.25) is 5.02 Å². The number of carboxylic acid groups (broad SMARTS) is 1. The molecule has 0 radical (unpaired) electrons. The van der Waals surface area contributed by atoms with Crippen LogP contribution in [0.4, 0.5) is 4.39 Å². The van der Waals surface area contributed by atoms with Crippen LogP contribution in [0.3, 0.4) is 0 Å². The second-order valence-corrected chi connectivity index (χ2v) is 10.2. The van der Waals surface area contributed by atoms with Crippen molar-refractivity contribution >= 4 is 28.5 Å². The van der Waals surface area contributed by atoms with Gasteiger partial charge in [-0.3, -0.25) is 14.8 Å². The van der Waals surface area contributed by atoms with Crippen LogP contribution in [-0.2, 0) is 11.2 Å². The molecule has 36 heavy (non-hydrogen) atoms. The fourth-order valence-corrected chi connectivity index (χ4v) is 5.60. The Bertz CT molecular complexity index is 1170. The van der Waals surface area contributed by atoms with Crippen molar-refractivity contribution in [3.05, 3.63) is 65.1 Å². The van der Waals surface area contributed by atoms with Crippen LogP contribution < -0.4 is 4.74 Å². The number of fused-ring (bicyclic) bond motifs is 1. The average Bonchev–Trinajstić information content (AvgIpc) is 2.88. The third-order valence-corrected chi connectivity index (χ3v) is 7.74. The molecule has 0 spiro atoms. The number of carboxylic acids is 1. The van der Waals surface area contributed by atoms with Gasteiger partial charge in [-0.1, -0.05) is 11.6 Å². The van der Waals surface area contributed by atoms with Gasteiger partial charge in [-0.25, -0.2) is 4.39 Å². The molecule has 0 saturated carbocycles. The number of aliphatic carboxylic acids is 1. The monoisotopic (exact) mass is 513 g/mol. The number of hydrogen-bond donors (Lipinski definition) is 1. The van der Waals surface area contributed by atoms with Crippen molar-refractivity contribution in [2.45, 2.75) is 51.1 Å². The van der Waals surface area contributed by atoms with Crippen LogP contribution in [-0.4, -0.2) is 52.7 Å². The Morgan fingerprint density at radius 3 is 2.69 bits per heavy atom. The third kappa shape index (κ3) is 6.51. The van der Waals surface area contributed by atoms with Gasteiger partial charge in [-0.2, -0.15) is 0 Å². The number of hydrogen-bond acceptors (Lipinski definition) is 5. The van der Waals surface area contributed by atoms with Crippen molar-refractivity contribution in [2.75, 3.05) is 26.7 Å². The maximum Gasteiger partial charge on any atom is 0.303 e. The van der Waals surface area contributed by atoms with Crippen LogP contribution in [0.25, 0.3) is 10.9 Å². The molecule has 0 amide bonds. The summed E-state index contributed by atoms with van der Waals surface area (Å²) < 4.78 is 21.0. The molecule has 1 saturated heterocycles. The van der Waals surface area contributed by atoms with Gasteiger partial charge in [0, 0.05) is 29.5 Å². The number of likely N-dealkylation sites (tertiary alicyclic amines) is 1. The highest BCUT2D eigenvalue weighted by Crippen LogP contribution is 2.44. The Labute approximate surface area is 216 Å². The Hall–Kier alpha value is -2.77. The molecule has 1 N–H and O–H groups in total. The molecular weight excluding hydrogens is 481 g/mol. The molecule has 192 valence electrons. The van der Waals surface area contributed by atoms with Gasteiger partial charge < -0.3 is 14.7 Å². The van der Waals surface area contributed by atoms with Crippen molar-refractivity contribution in [1.82, 2.24) is 14.9 Å². The summed E-state index contributed by atoms with van der Waals surface area (Å²) in [6, 6.07) is 9.41. The van der Waals surface area contributed by atoms with E-state index in [4.69, 9.17) is 16.3 Å². The summed E-state index contributed by atoms with van der Waals surface area (Å²) in [7, 11) is 1.56. The summed E-state index contributed by atoms with van der Waals surface area (Å²) in [6.07, 6.45) is 8.09. The number of pyridine rings is 2. The Balaban J connectivity index is 1.39. The van der Waals surface area contributed by atoms with Crippen molar-refractivity contribution in [1.29, 1.82) is 0 Å². The van der Waals surface area contributed by atoms with E-state index in [0.717, 1.165) is 45.3 Å². The van der Waals surface area contributed by atoms with Gasteiger partial charge >= 0.3 is 5.97 Å². The highest BCUT2D eigenvalue weighted by molar-refractivity contribution is 6.32. The number of piperidine rings is 1. The second-order valence-electron chi connectivity index (χ2n) is 9.78. The van der Waals surface area contributed by atoms with Gasteiger partial charge in [0.25, 0.3) is 0 Å². The lowest BCUT2D eigenvalue weighted by Gasteiger charge is -2.41. The van der Waals surface area contributed by atoms with E-state index in [1.807, 2.05) is 24.5 Å². The van der Waals surface area contributed by atoms with E-state index < -0.39 is 17.6 Å². The summed E-state index contributed by atoms with van der Waals surface area (Å²) in [4.78, 5) is 22.5. The summed E-state index contributed by atoms with van der Waals surface area (Å²) in [5.74, 6) is -0.215. The van der Waals surface area contributed by atoms with Gasteiger partial charge in [-0.05, 0) is 99.5 Å². The van der Waals surface area contributed by atoms with E-state index in [2.05, 4.69) is 14.9 Å². The van der Waals surface area contributed by atoms with Crippen molar-refractivity contribution in [3.8, 4) is 5.75 Å². The zero-order valence-corrected chi connectivity index (χ0v) is 21.4. The highest BCUT2D eigenvalue weighted by atomic mass is 35.5. The lowest BCUT2D eigenvalue weighted by molar-refractivity contribution is -0.141. The average molecular weight is 514 g/mol. The Morgan fingerprint density at radius 1 is 1.25 bits per heavy atom. The van der Waals surface area contributed by atoms with Gasteiger partial charge in [0.15, 0.2) is 0 Å². The second kappa shape index (κ2) is 12.0. The topological polar surface area (TPSA) is 75.6 Å². The molecule has 0 bridgehead atoms. The molecule has 1 aromatic carbocycles. The van der Waals surface area contributed by atoms with E-state index in [1.165, 1.54) is 11.8 Å². The van der Waals surface area contributed by atoms with Gasteiger partial charge in [0.1, 0.15) is 11.9 Å². The largest absolute Gasteiger partial charge is 0.497 e. The summed E-state index contributed by atoms with van der Waals surface area (Å²) in [5, 5.41) is 10.5. The molecule has 4 rings (SSSR count). The first-order valence-corrected chi connectivity index (χ1v) is 12.9. The van der Waals surface area contributed by atoms with E-state index in [1.54, 1.807) is 25.3 Å². The van der Waals surface area contributed by atoms with Crippen molar-refractivity contribution in [3.63, 3.8) is 0 Å². The van der Waals surface area contributed by atoms with Crippen LogP contribution >= 0.6 is 11.6 Å². The molecular formula is C28H33ClFN3O3. The Morgan fingerprint density at radius 2 is 2.00 bits per heavy atom. The lowest BCUT2D eigenvalue weighted by atomic mass is 9.71. The van der Waals surface area contributed by atoms with E-state index in [-0.39, 0.29) is 17.9 Å². The number of aromatic nitrogens is 2. The predicted octanol–water partition coefficient (Wildman–Crippen LogP) is 6.27. The number of rotatable bonds is 11. The minimum Gasteiger partial charge on any atom is -0.497 e. The molecule has 6 nitrogen and oxygen atoms in total. The molecule has 1 aliphatic rings. The molecule has 3 heterocycles. The van der Waals surface area contributed by atoms with E-state index in [0.29, 0.717) is 28.6 Å². The van der Waals surface area contributed by atoms with Crippen molar-refractivity contribution in [2.24, 2.45) is 5.41 Å². The summed E-state index contributed by atoms with van der Waals surface area (Å²) in [5.41, 5.74) is 1.92. The molecule has 3 aromatic rings. The molecule has 1 fully saturated rings. The van der Waals surface area contributed by atoms with Crippen LogP contribution in [0.1, 0.15) is 55.8 Å². The zero-order valence-electron chi connectivity index (χ0n) is 20.6. The smallest absolute Gasteiger partial charge is 0.303 e. The maximum absolute atomic E-state index is 15.7. The molecule has 1 aliphatic heterocycles. The molecule has 0 aliphatic carbocycles. The number of carbonyl (C=O) groups is 1. The molecule has 1 atom stereocenters. The van der Waals surface area contributed by atoms with Gasteiger partial charge in [0.2, 0.25) is 0 Å². The number of aryl methyl sites for hydroxylation is 1. The minimum absolute atomic E-state index is 0.0588. The Kier molecular flexibility index (Phi) is 8.75. The number of halogens is 2. The number of methoxy groups -OCH3 is 1. The lowest BCUT2D eigenvalue weighted by Crippen LogP contribution is -2.41. The summed E-state index contributed by atoms with van der Waals surface area (Å²) in [6.45, 7) is 2.63. The molecule has 0 unspecified atom stereocenters. The fourth-order valence-electron chi connectivity index (χ4n) is 5.33. The number of benzene rings is 1. The summed E-state index contributed by atoms with van der Waals surface area (Å²) >= 11 is 6.40. The van der Waals surface area contributed by atoms with E-state index >= 15 is 4.39 Å². The van der Waals surface area contributed by atoms with Crippen LogP contribution in [0.5, 0.6) is 5.75 Å². The van der Waals surface area contributed by atoms with Gasteiger partial charge in [-0.15, -0.1) is 0 Å². The number of ether oxygens (including phenoxy) is 1. The SMILES string of the molecule is COc1ccc2ncc(Cl)c([C@H](F)CCC3(CC(=O)O)CCN(CCCc4ccncc4)CC3)c2c1. The fraction of sp³-hybridized carbons (Fsp3) is 0.464. The first-order chi connectivity index (χ1) is 17.4. The van der Waals surface area contributed by atoms with Crippen LogP contribution in [0, 0.1) is 5.41 Å². The number of nitrogens with zero attached hydrogens (tertiary/aromatic N) is 3. The van der Waals surface area contributed by atoms with E-state index in [9.17, 15) is 9.90 Å². The zero-order chi connectivity index (χ0) is 25.5. The standard InChI is InChI=1S/C28H33ClFN3O3/c1-36-21-4-5-25-22(17-21)27(23(29)19-32-25)24(30)6-9-28(18-26(34)35)10-15-33(16-11-28)14-2-3-20-7-12-31-13-8-20/h4-5,7-8,12-13,17,19,24H,2-3,6,9-11,14-16,18H2,1H3,(H,34,35)/t24-/m1/s1. The normalized spacial score (nSPS) is 16.6. The van der Waals surface area contributed by atoms with Gasteiger partial charge in [0.05, 0.1) is 24.1 Å². The molecule has 8 heteroatoms.